The molecule has 0 saturated heterocycles. The predicted octanol–water partition coefficient (Wildman–Crippen LogP) is 3.94. The molecule has 4 rings (SSSR count). The van der Waals surface area contributed by atoms with Crippen LogP contribution in [0.15, 0.2) is 18.2 Å². The van der Waals surface area contributed by atoms with E-state index in [4.69, 9.17) is 11.6 Å². The normalized spacial score (nSPS) is 22.7. The van der Waals surface area contributed by atoms with E-state index in [1.807, 2.05) is 6.07 Å². The first-order chi connectivity index (χ1) is 9.63. The molecule has 0 amide bonds. The van der Waals surface area contributed by atoms with Crippen LogP contribution in [0.4, 0.5) is 0 Å². The molecule has 2 atom stereocenters. The van der Waals surface area contributed by atoms with Crippen LogP contribution in [0.25, 0.3) is 0 Å². The number of hydrogen-bond acceptors (Lipinski definition) is 4. The van der Waals surface area contributed by atoms with Gasteiger partial charge >= 0.3 is 0 Å². The molecule has 0 spiro atoms. The first-order valence-electron chi connectivity index (χ1n) is 6.69. The summed E-state index contributed by atoms with van der Waals surface area (Å²) >= 11 is 7.80. The van der Waals surface area contributed by atoms with E-state index in [2.05, 4.69) is 5.32 Å². The SMILES string of the molecule is Br.Oc1cc2c(cc1O)C1c3sc(Cl)cc3CNC1CC2. The van der Waals surface area contributed by atoms with Gasteiger partial charge in [0.2, 0.25) is 0 Å². The quantitative estimate of drug-likeness (QED) is 0.599. The molecule has 0 bridgehead atoms. The number of hydrogen-bond donors (Lipinski definition) is 3. The summed E-state index contributed by atoms with van der Waals surface area (Å²) < 4.78 is 0.813. The lowest BCUT2D eigenvalue weighted by molar-refractivity contribution is 0.383. The minimum absolute atomic E-state index is 0. The van der Waals surface area contributed by atoms with Gasteiger partial charge < -0.3 is 15.5 Å². The third-order valence-corrected chi connectivity index (χ3v) is 5.74. The summed E-state index contributed by atoms with van der Waals surface area (Å²) in [6.45, 7) is 0.860. The summed E-state index contributed by atoms with van der Waals surface area (Å²) in [5, 5.41) is 23.1. The van der Waals surface area contributed by atoms with Crippen molar-refractivity contribution in [1.82, 2.24) is 5.32 Å². The van der Waals surface area contributed by atoms with Crippen LogP contribution in [0.2, 0.25) is 4.34 Å². The molecule has 0 fully saturated rings. The van der Waals surface area contributed by atoms with Gasteiger partial charge in [0, 0.05) is 23.4 Å². The van der Waals surface area contributed by atoms with Gasteiger partial charge in [-0.15, -0.1) is 28.3 Å². The number of rotatable bonds is 0. The zero-order valence-electron chi connectivity index (χ0n) is 11.1. The van der Waals surface area contributed by atoms with E-state index >= 15 is 0 Å². The van der Waals surface area contributed by atoms with Crippen molar-refractivity contribution in [3.05, 3.63) is 44.1 Å². The molecule has 1 aromatic heterocycles. The first kappa shape index (κ1) is 15.2. The van der Waals surface area contributed by atoms with Crippen LogP contribution in [-0.2, 0) is 13.0 Å². The molecule has 1 aliphatic heterocycles. The molecular weight excluding hydrogens is 374 g/mol. The van der Waals surface area contributed by atoms with Crippen LogP contribution >= 0.6 is 39.9 Å². The topological polar surface area (TPSA) is 52.5 Å². The minimum atomic E-state index is -0.0424. The zero-order valence-corrected chi connectivity index (χ0v) is 14.4. The second-order valence-corrected chi connectivity index (χ2v) is 7.20. The minimum Gasteiger partial charge on any atom is -0.504 e. The number of halogens is 2. The maximum Gasteiger partial charge on any atom is 0.157 e. The van der Waals surface area contributed by atoms with E-state index < -0.39 is 0 Å². The molecule has 0 saturated carbocycles. The fourth-order valence-corrected chi connectivity index (χ4v) is 4.90. The van der Waals surface area contributed by atoms with Crippen LogP contribution in [0.5, 0.6) is 11.5 Å². The van der Waals surface area contributed by atoms with E-state index in [0.29, 0.717) is 6.04 Å². The number of nitrogens with one attached hydrogen (secondary N) is 1. The molecule has 2 aliphatic rings. The van der Waals surface area contributed by atoms with Crippen molar-refractivity contribution in [2.45, 2.75) is 31.3 Å². The molecule has 3 N–H and O–H groups in total. The number of thiophene rings is 1. The summed E-state index contributed by atoms with van der Waals surface area (Å²) in [5.41, 5.74) is 3.49. The van der Waals surface area contributed by atoms with E-state index in [1.54, 1.807) is 23.5 Å². The number of aromatic hydroxyl groups is 2. The van der Waals surface area contributed by atoms with Gasteiger partial charge in [0.1, 0.15) is 0 Å². The lowest BCUT2D eigenvalue weighted by Gasteiger charge is -2.38. The summed E-state index contributed by atoms with van der Waals surface area (Å²) in [7, 11) is 0. The Bertz CT molecular complexity index is 703. The monoisotopic (exact) mass is 387 g/mol. The molecule has 3 nitrogen and oxygen atoms in total. The third kappa shape index (κ3) is 2.36. The van der Waals surface area contributed by atoms with Gasteiger partial charge in [0.05, 0.1) is 4.34 Å². The maximum absolute atomic E-state index is 9.83. The number of aryl methyl sites for hydroxylation is 1. The fourth-order valence-electron chi connectivity index (χ4n) is 3.43. The fraction of sp³-hybridized carbons (Fsp3) is 0.333. The molecule has 112 valence electrons. The van der Waals surface area contributed by atoms with Gasteiger partial charge in [0.25, 0.3) is 0 Å². The highest BCUT2D eigenvalue weighted by Crippen LogP contribution is 2.47. The highest BCUT2D eigenvalue weighted by Gasteiger charge is 2.36. The molecule has 2 unspecified atom stereocenters. The number of phenolic OH excluding ortho intramolecular Hbond substituents is 2. The van der Waals surface area contributed by atoms with Gasteiger partial charge in [-0.2, -0.15) is 0 Å². The lowest BCUT2D eigenvalue weighted by atomic mass is 9.75. The van der Waals surface area contributed by atoms with Crippen LogP contribution < -0.4 is 5.32 Å². The Labute approximate surface area is 142 Å². The first-order valence-corrected chi connectivity index (χ1v) is 7.89. The van der Waals surface area contributed by atoms with Crippen LogP contribution in [-0.4, -0.2) is 16.3 Å². The Morgan fingerprint density at radius 3 is 2.71 bits per heavy atom. The summed E-state index contributed by atoms with van der Waals surface area (Å²) in [4.78, 5) is 1.30. The van der Waals surface area contributed by atoms with Crippen molar-refractivity contribution in [2.75, 3.05) is 0 Å². The van der Waals surface area contributed by atoms with Crippen LogP contribution in [0.1, 0.15) is 33.9 Å². The molecule has 21 heavy (non-hydrogen) atoms. The van der Waals surface area contributed by atoms with Gasteiger partial charge in [-0.1, -0.05) is 11.6 Å². The Morgan fingerprint density at radius 1 is 1.14 bits per heavy atom. The van der Waals surface area contributed by atoms with Crippen molar-refractivity contribution in [3.8, 4) is 11.5 Å². The number of phenols is 2. The third-order valence-electron chi connectivity index (χ3n) is 4.35. The number of fused-ring (bicyclic) bond motifs is 5. The van der Waals surface area contributed by atoms with Gasteiger partial charge in [-0.25, -0.2) is 0 Å². The summed E-state index contributed by atoms with van der Waals surface area (Å²) in [5.74, 6) is 0.154. The van der Waals surface area contributed by atoms with Crippen molar-refractivity contribution in [3.63, 3.8) is 0 Å². The van der Waals surface area contributed by atoms with E-state index in [-0.39, 0.29) is 34.4 Å². The summed E-state index contributed by atoms with van der Waals surface area (Å²) in [6, 6.07) is 5.82. The predicted molar refractivity (Wildman–Crippen MR) is 90.2 cm³/mol. The van der Waals surface area contributed by atoms with Gasteiger partial charge in [0.15, 0.2) is 11.5 Å². The Kier molecular flexibility index (Phi) is 3.94. The van der Waals surface area contributed by atoms with Crippen molar-refractivity contribution < 1.29 is 10.2 Å². The van der Waals surface area contributed by atoms with Gasteiger partial charge in [-0.3, -0.25) is 0 Å². The van der Waals surface area contributed by atoms with Crippen LogP contribution in [0, 0.1) is 0 Å². The second-order valence-electron chi connectivity index (χ2n) is 5.48. The zero-order chi connectivity index (χ0) is 13.9. The van der Waals surface area contributed by atoms with Crippen molar-refractivity contribution >= 4 is 39.9 Å². The average molecular weight is 389 g/mol. The van der Waals surface area contributed by atoms with Crippen molar-refractivity contribution in [1.29, 1.82) is 0 Å². The Hall–Kier alpha value is -0.750. The molecule has 2 heterocycles. The molecule has 6 heteroatoms. The smallest absolute Gasteiger partial charge is 0.157 e. The van der Waals surface area contributed by atoms with Gasteiger partial charge in [-0.05, 0) is 47.7 Å². The maximum atomic E-state index is 9.83. The van der Waals surface area contributed by atoms with E-state index in [1.165, 1.54) is 10.4 Å². The van der Waals surface area contributed by atoms with Crippen LogP contribution in [0.3, 0.4) is 0 Å². The highest BCUT2D eigenvalue weighted by molar-refractivity contribution is 8.93. The summed E-state index contributed by atoms with van der Waals surface area (Å²) in [6.07, 6.45) is 1.96. The lowest BCUT2D eigenvalue weighted by Crippen LogP contribution is -2.41. The molecule has 1 aromatic carbocycles. The average Bonchev–Trinajstić information content (AvgIpc) is 2.80. The van der Waals surface area contributed by atoms with E-state index in [9.17, 15) is 10.2 Å². The Balaban J connectivity index is 0.00000132. The second kappa shape index (κ2) is 5.47. The molecule has 0 radical (unpaired) electrons. The largest absolute Gasteiger partial charge is 0.504 e. The molecular formula is C15H15BrClNO2S. The highest BCUT2D eigenvalue weighted by atomic mass is 79.9. The van der Waals surface area contributed by atoms with E-state index in [0.717, 1.165) is 34.8 Å². The Morgan fingerprint density at radius 2 is 1.90 bits per heavy atom. The standard InChI is InChI=1S/C15H14ClNO2S.BrH/c16-13-4-8-6-17-10-2-1-7-3-11(18)12(19)5-9(7)14(10)15(8)20-13;/h3-5,10,14,17-19H,1-2,6H2;1H. The number of benzene rings is 1. The van der Waals surface area contributed by atoms with Crippen molar-refractivity contribution in [2.24, 2.45) is 0 Å². The molecule has 2 aromatic rings. The molecule has 1 aliphatic carbocycles.